The second kappa shape index (κ2) is 8.82. The van der Waals surface area contributed by atoms with Gasteiger partial charge >= 0.3 is 6.18 Å². The van der Waals surface area contributed by atoms with E-state index in [0.29, 0.717) is 22.4 Å². The Kier molecular flexibility index (Phi) is 5.81. The molecule has 2 aromatic heterocycles. The summed E-state index contributed by atoms with van der Waals surface area (Å²) >= 11 is 6.55. The fourth-order valence-electron chi connectivity index (χ4n) is 3.55. The second-order valence-corrected chi connectivity index (χ2v) is 8.92. The molecule has 0 radical (unpaired) electrons. The maximum Gasteiger partial charge on any atom is 0.416 e. The molecule has 4 aromatic rings. The van der Waals surface area contributed by atoms with Crippen LogP contribution >= 0.6 is 23.4 Å². The molecule has 0 aliphatic carbocycles. The molecule has 3 heterocycles. The molecule has 1 aliphatic heterocycles. The number of amides is 2. The van der Waals surface area contributed by atoms with E-state index < -0.39 is 22.9 Å². The van der Waals surface area contributed by atoms with Gasteiger partial charge in [0.1, 0.15) is 17.7 Å². The highest BCUT2D eigenvalue weighted by Gasteiger charge is 2.36. The maximum atomic E-state index is 13.4. The molecule has 2 aromatic carbocycles. The van der Waals surface area contributed by atoms with Crippen LogP contribution in [0.5, 0.6) is 0 Å². The van der Waals surface area contributed by atoms with Gasteiger partial charge in [-0.05, 0) is 53.2 Å². The van der Waals surface area contributed by atoms with E-state index >= 15 is 0 Å². The van der Waals surface area contributed by atoms with E-state index in [1.54, 1.807) is 24.3 Å². The number of alkyl halides is 3. The van der Waals surface area contributed by atoms with Crippen molar-refractivity contribution in [3.8, 4) is 0 Å². The van der Waals surface area contributed by atoms with Crippen LogP contribution in [0.15, 0.2) is 47.6 Å². The third-order valence-electron chi connectivity index (χ3n) is 5.18. The fourth-order valence-corrected chi connectivity index (χ4v) is 4.56. The van der Waals surface area contributed by atoms with Crippen LogP contribution in [-0.2, 0) is 24.1 Å². The molecular weight excluding hydrogens is 507 g/mol. The predicted octanol–water partition coefficient (Wildman–Crippen LogP) is 4.51. The quantitative estimate of drug-likeness (QED) is 0.386. The molecule has 1 saturated heterocycles. The number of nitrogens with zero attached hydrogens (tertiary/aromatic N) is 6. The molecule has 35 heavy (non-hydrogen) atoms. The second-order valence-electron chi connectivity index (χ2n) is 7.49. The molecule has 2 amide bonds. The lowest BCUT2D eigenvalue weighted by Gasteiger charge is -2.13. The van der Waals surface area contributed by atoms with E-state index in [2.05, 4.69) is 25.5 Å². The molecule has 1 fully saturated rings. The third kappa shape index (κ3) is 4.64. The number of aromatic amines is 1. The van der Waals surface area contributed by atoms with Gasteiger partial charge in [-0.1, -0.05) is 28.9 Å². The Morgan fingerprint density at radius 3 is 2.69 bits per heavy atom. The Morgan fingerprint density at radius 2 is 1.94 bits per heavy atom. The van der Waals surface area contributed by atoms with E-state index in [4.69, 9.17) is 11.6 Å². The SMILES string of the molecule is O=C1SC(=Cc2ccc3c(c2)nnn3Cc2ccc(Cl)cc2C(F)(F)F)C(=O)N1Cc1ncn[nH]1. The number of hydrogen-bond donors (Lipinski definition) is 1. The van der Waals surface area contributed by atoms with Gasteiger partial charge in [-0.2, -0.15) is 18.3 Å². The Bertz CT molecular complexity index is 1480. The van der Waals surface area contributed by atoms with Crippen LogP contribution in [0.3, 0.4) is 0 Å². The van der Waals surface area contributed by atoms with Crippen molar-refractivity contribution >= 4 is 51.6 Å². The predicted molar refractivity (Wildman–Crippen MR) is 121 cm³/mol. The van der Waals surface area contributed by atoms with Crippen LogP contribution in [-0.4, -0.2) is 46.2 Å². The van der Waals surface area contributed by atoms with Crippen molar-refractivity contribution in [2.24, 2.45) is 0 Å². The first-order valence-electron chi connectivity index (χ1n) is 9.97. The summed E-state index contributed by atoms with van der Waals surface area (Å²) in [6.45, 7) is -0.192. The molecule has 0 spiro atoms. The number of carbonyl (C=O) groups is 2. The summed E-state index contributed by atoms with van der Waals surface area (Å²) in [5, 5.41) is 13.9. The van der Waals surface area contributed by atoms with E-state index in [1.807, 2.05) is 0 Å². The molecule has 0 unspecified atom stereocenters. The summed E-state index contributed by atoms with van der Waals surface area (Å²) in [4.78, 5) is 30.1. The average Bonchev–Trinajstić information content (AvgIpc) is 3.52. The van der Waals surface area contributed by atoms with E-state index in [1.165, 1.54) is 23.1 Å². The highest BCUT2D eigenvalue weighted by molar-refractivity contribution is 8.18. The number of halogens is 4. The smallest absolute Gasteiger partial charge is 0.268 e. The first kappa shape index (κ1) is 23.1. The molecule has 5 rings (SSSR count). The number of fused-ring (bicyclic) bond motifs is 1. The van der Waals surface area contributed by atoms with Crippen molar-refractivity contribution < 1.29 is 22.8 Å². The van der Waals surface area contributed by atoms with Gasteiger partial charge in [0.05, 0.1) is 29.1 Å². The normalized spacial score (nSPS) is 15.7. The van der Waals surface area contributed by atoms with Crippen LogP contribution in [0.2, 0.25) is 5.02 Å². The maximum absolute atomic E-state index is 13.4. The largest absolute Gasteiger partial charge is 0.416 e. The Balaban J connectivity index is 1.40. The number of aromatic nitrogens is 6. The Hall–Kier alpha value is -3.71. The number of imide groups is 1. The first-order valence-corrected chi connectivity index (χ1v) is 11.2. The van der Waals surface area contributed by atoms with Crippen molar-refractivity contribution in [3.05, 3.63) is 75.2 Å². The molecular formula is C21H13ClF3N7O2S. The van der Waals surface area contributed by atoms with Gasteiger partial charge in [0, 0.05) is 5.02 Å². The van der Waals surface area contributed by atoms with Gasteiger partial charge in [-0.3, -0.25) is 19.6 Å². The molecule has 0 bridgehead atoms. The van der Waals surface area contributed by atoms with Crippen LogP contribution < -0.4 is 0 Å². The van der Waals surface area contributed by atoms with Crippen LogP contribution in [0.1, 0.15) is 22.5 Å². The number of rotatable bonds is 5. The molecule has 0 saturated carbocycles. The standard InChI is InChI=1S/C21H13ClF3N7O2S/c22-13-3-2-12(14(7-13)21(23,24)25)8-32-16-4-1-11(5-15(16)28-30-32)6-17-19(33)31(20(34)35-17)9-18-26-10-27-29-18/h1-7,10H,8-9H2,(H,26,27,29). The van der Waals surface area contributed by atoms with Crippen LogP contribution in [0, 0.1) is 0 Å². The lowest BCUT2D eigenvalue weighted by molar-refractivity contribution is -0.138. The van der Waals surface area contributed by atoms with Gasteiger partial charge in [0.2, 0.25) is 0 Å². The zero-order valence-electron chi connectivity index (χ0n) is 17.5. The van der Waals surface area contributed by atoms with Gasteiger partial charge < -0.3 is 0 Å². The Morgan fingerprint density at radius 1 is 1.11 bits per heavy atom. The minimum atomic E-state index is -4.57. The van der Waals surface area contributed by atoms with Gasteiger partial charge in [0.25, 0.3) is 11.1 Å². The van der Waals surface area contributed by atoms with Crippen LogP contribution in [0.25, 0.3) is 17.1 Å². The summed E-state index contributed by atoms with van der Waals surface area (Å²) in [6.07, 6.45) is -1.74. The van der Waals surface area contributed by atoms with Crippen LogP contribution in [0.4, 0.5) is 18.0 Å². The minimum Gasteiger partial charge on any atom is -0.268 e. The zero-order valence-corrected chi connectivity index (χ0v) is 19.0. The van der Waals surface area contributed by atoms with Gasteiger partial charge in [-0.25, -0.2) is 9.67 Å². The molecule has 178 valence electrons. The zero-order chi connectivity index (χ0) is 24.7. The average molecular weight is 520 g/mol. The number of benzene rings is 2. The van der Waals surface area contributed by atoms with Crippen molar-refractivity contribution in [1.82, 2.24) is 35.1 Å². The molecule has 1 aliphatic rings. The molecule has 14 heteroatoms. The number of thioether (sulfide) groups is 1. The van der Waals surface area contributed by atoms with E-state index in [-0.39, 0.29) is 28.6 Å². The number of hydrogen-bond acceptors (Lipinski definition) is 7. The molecule has 9 nitrogen and oxygen atoms in total. The first-order chi connectivity index (χ1) is 16.7. The third-order valence-corrected chi connectivity index (χ3v) is 6.32. The number of carbonyl (C=O) groups excluding carboxylic acids is 2. The van der Waals surface area contributed by atoms with E-state index in [0.717, 1.165) is 22.7 Å². The summed E-state index contributed by atoms with van der Waals surface area (Å²) < 4.78 is 41.7. The van der Waals surface area contributed by atoms with Crippen molar-refractivity contribution in [3.63, 3.8) is 0 Å². The van der Waals surface area contributed by atoms with E-state index in [9.17, 15) is 22.8 Å². The van der Waals surface area contributed by atoms with Crippen molar-refractivity contribution in [2.75, 3.05) is 0 Å². The lowest BCUT2D eigenvalue weighted by atomic mass is 10.1. The van der Waals surface area contributed by atoms with Gasteiger partial charge in [-0.15, -0.1) is 5.10 Å². The summed E-state index contributed by atoms with van der Waals surface area (Å²) in [6, 6.07) is 8.52. The Labute approximate surface area is 204 Å². The molecule has 0 atom stereocenters. The van der Waals surface area contributed by atoms with Crippen molar-refractivity contribution in [1.29, 1.82) is 0 Å². The summed E-state index contributed by atoms with van der Waals surface area (Å²) in [7, 11) is 0. The number of H-pyrrole nitrogens is 1. The minimum absolute atomic E-state index is 0.00166. The topological polar surface area (TPSA) is 110 Å². The highest BCUT2D eigenvalue weighted by atomic mass is 35.5. The summed E-state index contributed by atoms with van der Waals surface area (Å²) in [5.74, 6) is -0.0940. The monoisotopic (exact) mass is 519 g/mol. The summed E-state index contributed by atoms with van der Waals surface area (Å²) in [5.41, 5.74) is 0.660. The highest BCUT2D eigenvalue weighted by Crippen LogP contribution is 2.35. The van der Waals surface area contributed by atoms with Gasteiger partial charge in [0.15, 0.2) is 0 Å². The van der Waals surface area contributed by atoms with Crippen molar-refractivity contribution in [2.45, 2.75) is 19.3 Å². The molecule has 1 N–H and O–H groups in total. The number of nitrogens with one attached hydrogen (secondary N) is 1. The fraction of sp³-hybridized carbons (Fsp3) is 0.143. The lowest BCUT2D eigenvalue weighted by Crippen LogP contribution is -2.28.